The second-order valence-corrected chi connectivity index (χ2v) is 11.0. The molecular formula is C29H28Cl2FN3O2. The summed E-state index contributed by atoms with van der Waals surface area (Å²) in [5.41, 5.74) is 3.97. The summed E-state index contributed by atoms with van der Waals surface area (Å²) in [6.45, 7) is 4.03. The number of hydrogen-bond donors (Lipinski definition) is 0. The molecule has 0 radical (unpaired) electrons. The lowest BCUT2D eigenvalue weighted by atomic mass is 10.0. The molecule has 2 aromatic carbocycles. The number of carbonyl (C=O) groups excluding carboxylic acids is 1. The van der Waals surface area contributed by atoms with Gasteiger partial charge in [-0.05, 0) is 79.8 Å². The molecule has 192 valence electrons. The summed E-state index contributed by atoms with van der Waals surface area (Å²) in [5, 5.41) is 5.64. The minimum atomic E-state index is -0.352. The van der Waals surface area contributed by atoms with E-state index in [1.165, 1.54) is 6.07 Å². The van der Waals surface area contributed by atoms with Gasteiger partial charge in [-0.3, -0.25) is 4.79 Å². The lowest BCUT2D eigenvalue weighted by Crippen LogP contribution is -2.43. The Balaban J connectivity index is 1.19. The number of piperidine rings is 1. The first-order valence-electron chi connectivity index (χ1n) is 12.8. The van der Waals surface area contributed by atoms with Gasteiger partial charge in [0.15, 0.2) is 0 Å². The number of aromatic nitrogens is 2. The fraction of sp³-hybridized carbons (Fsp3) is 0.379. The van der Waals surface area contributed by atoms with Crippen molar-refractivity contribution in [1.29, 1.82) is 0 Å². The number of allylic oxidation sites excluding steroid dienone is 1. The summed E-state index contributed by atoms with van der Waals surface area (Å²) in [7, 11) is 0. The zero-order valence-corrected chi connectivity index (χ0v) is 21.9. The van der Waals surface area contributed by atoms with Gasteiger partial charge in [0.25, 0.3) is 0 Å². The Kier molecular flexibility index (Phi) is 6.59. The molecule has 6 rings (SSSR count). The van der Waals surface area contributed by atoms with Gasteiger partial charge in [-0.25, -0.2) is 9.07 Å². The van der Waals surface area contributed by atoms with Crippen LogP contribution in [0.5, 0.6) is 0 Å². The van der Waals surface area contributed by atoms with Crippen molar-refractivity contribution in [3.63, 3.8) is 0 Å². The maximum Gasteiger partial charge on any atom is 0.233 e. The highest BCUT2D eigenvalue weighted by Crippen LogP contribution is 2.46. The van der Waals surface area contributed by atoms with Gasteiger partial charge in [0.1, 0.15) is 11.5 Å². The maximum atomic E-state index is 15.0. The molecule has 3 atom stereocenters. The number of ether oxygens (including phenoxy) is 1. The molecule has 1 amide bonds. The molecule has 3 aliphatic rings. The van der Waals surface area contributed by atoms with E-state index in [2.05, 4.69) is 11.7 Å². The summed E-state index contributed by atoms with van der Waals surface area (Å²) in [5.74, 6) is -0.240. The van der Waals surface area contributed by atoms with Gasteiger partial charge >= 0.3 is 0 Å². The number of benzene rings is 2. The molecule has 1 aromatic heterocycles. The van der Waals surface area contributed by atoms with Crippen LogP contribution in [-0.2, 0) is 22.6 Å². The average Bonchev–Trinajstić information content (AvgIpc) is 3.39. The van der Waals surface area contributed by atoms with Crippen LogP contribution in [0.25, 0.3) is 5.69 Å². The molecule has 2 heterocycles. The lowest BCUT2D eigenvalue weighted by molar-refractivity contribution is -0.126. The van der Waals surface area contributed by atoms with E-state index in [4.69, 9.17) is 27.9 Å². The smallest absolute Gasteiger partial charge is 0.233 e. The molecule has 2 bridgehead atoms. The van der Waals surface area contributed by atoms with Crippen LogP contribution in [0.2, 0.25) is 10.0 Å². The number of carbonyl (C=O) groups is 1. The highest BCUT2D eigenvalue weighted by atomic mass is 35.5. The van der Waals surface area contributed by atoms with Crippen LogP contribution in [-0.4, -0.2) is 27.8 Å². The Hall–Kier alpha value is -2.67. The number of fused-ring (bicyclic) bond motifs is 2. The van der Waals surface area contributed by atoms with Crippen molar-refractivity contribution in [2.24, 2.45) is 5.92 Å². The van der Waals surface area contributed by atoms with E-state index in [0.717, 1.165) is 42.5 Å². The quantitative estimate of drug-likeness (QED) is 0.274. The SMILES string of the molecule is C=CCCc1ccc(N2C(=O)C3CC2CC3OCc2c(C3CC3)cnn2-c2c(Cl)cccc2Cl)c(F)c1. The zero-order chi connectivity index (χ0) is 25.7. The molecular weight excluding hydrogens is 512 g/mol. The van der Waals surface area contributed by atoms with Crippen LogP contribution in [0.4, 0.5) is 10.1 Å². The average molecular weight is 540 g/mol. The van der Waals surface area contributed by atoms with E-state index in [0.29, 0.717) is 46.8 Å². The van der Waals surface area contributed by atoms with Gasteiger partial charge in [0.05, 0.1) is 46.3 Å². The molecule has 1 aliphatic heterocycles. The second-order valence-electron chi connectivity index (χ2n) is 10.2. The predicted molar refractivity (Wildman–Crippen MR) is 143 cm³/mol. The van der Waals surface area contributed by atoms with E-state index in [1.807, 2.05) is 18.3 Å². The van der Waals surface area contributed by atoms with E-state index >= 15 is 0 Å². The first-order chi connectivity index (χ1) is 18.0. The third kappa shape index (κ3) is 4.49. The van der Waals surface area contributed by atoms with Crippen LogP contribution in [0.15, 0.2) is 55.3 Å². The van der Waals surface area contributed by atoms with Gasteiger partial charge in [0.2, 0.25) is 5.91 Å². The number of nitrogens with zero attached hydrogens (tertiary/aromatic N) is 3. The molecule has 3 unspecified atom stereocenters. The van der Waals surface area contributed by atoms with Crippen molar-refractivity contribution in [2.45, 2.75) is 63.2 Å². The molecule has 37 heavy (non-hydrogen) atoms. The summed E-state index contributed by atoms with van der Waals surface area (Å²) in [4.78, 5) is 15.0. The molecule has 3 fully saturated rings. The van der Waals surface area contributed by atoms with Crippen molar-refractivity contribution < 1.29 is 13.9 Å². The fourth-order valence-electron chi connectivity index (χ4n) is 5.81. The highest BCUT2D eigenvalue weighted by Gasteiger charge is 2.52. The topological polar surface area (TPSA) is 47.4 Å². The van der Waals surface area contributed by atoms with E-state index in [1.54, 1.807) is 33.8 Å². The number of anilines is 1. The third-order valence-corrected chi connectivity index (χ3v) is 8.42. The molecule has 8 heteroatoms. The first kappa shape index (κ1) is 24.7. The number of amides is 1. The van der Waals surface area contributed by atoms with Gasteiger partial charge in [0, 0.05) is 6.04 Å². The molecule has 2 saturated carbocycles. The molecule has 2 aliphatic carbocycles. The summed E-state index contributed by atoms with van der Waals surface area (Å²) < 4.78 is 23.1. The largest absolute Gasteiger partial charge is 0.371 e. The minimum Gasteiger partial charge on any atom is -0.371 e. The van der Waals surface area contributed by atoms with Crippen LogP contribution in [0.1, 0.15) is 54.8 Å². The van der Waals surface area contributed by atoms with Crippen molar-refractivity contribution in [2.75, 3.05) is 4.90 Å². The second kappa shape index (κ2) is 9.90. The molecule has 5 nitrogen and oxygen atoms in total. The Morgan fingerprint density at radius 3 is 2.62 bits per heavy atom. The standard InChI is InChI=1S/C29H28Cl2FN3O2/c1-2-3-5-17-8-11-25(24(32)12-17)34-19-13-20(29(34)36)27(14-19)37-16-26-21(18-9-10-18)15-33-35(26)28-22(30)6-4-7-23(28)31/h2,4,6-8,11-12,15,18-20,27H,1,3,5,9-10,13-14,16H2. The molecule has 1 saturated heterocycles. The fourth-order valence-corrected chi connectivity index (χ4v) is 6.37. The van der Waals surface area contributed by atoms with Crippen molar-refractivity contribution in [3.05, 3.63) is 87.9 Å². The monoisotopic (exact) mass is 539 g/mol. The maximum absolute atomic E-state index is 15.0. The molecule has 0 N–H and O–H groups in total. The Morgan fingerprint density at radius 2 is 1.95 bits per heavy atom. The van der Waals surface area contributed by atoms with Crippen molar-refractivity contribution >= 4 is 34.8 Å². The third-order valence-electron chi connectivity index (χ3n) is 7.81. The molecule has 0 spiro atoms. The zero-order valence-electron chi connectivity index (χ0n) is 20.4. The summed E-state index contributed by atoms with van der Waals surface area (Å²) >= 11 is 13.0. The van der Waals surface area contributed by atoms with Crippen LogP contribution in [0, 0.1) is 11.7 Å². The number of para-hydroxylation sites is 1. The number of halogens is 3. The predicted octanol–water partition coefficient (Wildman–Crippen LogP) is 7.02. The van der Waals surface area contributed by atoms with Gasteiger partial charge in [-0.2, -0.15) is 5.10 Å². The van der Waals surface area contributed by atoms with Gasteiger partial charge in [-0.15, -0.1) is 6.58 Å². The van der Waals surface area contributed by atoms with E-state index in [9.17, 15) is 9.18 Å². The summed E-state index contributed by atoms with van der Waals surface area (Å²) in [6.07, 6.45) is 8.58. The van der Waals surface area contributed by atoms with E-state index < -0.39 is 0 Å². The Morgan fingerprint density at radius 1 is 1.16 bits per heavy atom. The Bertz CT molecular complexity index is 1350. The number of rotatable bonds is 9. The van der Waals surface area contributed by atoms with Gasteiger partial charge in [-0.1, -0.05) is 41.4 Å². The normalized spacial score (nSPS) is 22.7. The highest BCUT2D eigenvalue weighted by molar-refractivity contribution is 6.37. The lowest BCUT2D eigenvalue weighted by Gasteiger charge is -2.32. The number of hydrogen-bond acceptors (Lipinski definition) is 3. The minimum absolute atomic E-state index is 0.0657. The van der Waals surface area contributed by atoms with E-state index in [-0.39, 0.29) is 29.8 Å². The number of aryl methyl sites for hydroxylation is 1. The summed E-state index contributed by atoms with van der Waals surface area (Å²) in [6, 6.07) is 10.5. The Labute approximate surface area is 225 Å². The first-order valence-corrected chi connectivity index (χ1v) is 13.6. The van der Waals surface area contributed by atoms with Crippen LogP contribution >= 0.6 is 23.2 Å². The van der Waals surface area contributed by atoms with Crippen molar-refractivity contribution in [1.82, 2.24) is 9.78 Å². The van der Waals surface area contributed by atoms with Gasteiger partial charge < -0.3 is 9.64 Å². The van der Waals surface area contributed by atoms with Crippen molar-refractivity contribution in [3.8, 4) is 5.69 Å². The molecule has 3 aromatic rings. The van der Waals surface area contributed by atoms with Crippen LogP contribution in [0.3, 0.4) is 0 Å². The van der Waals surface area contributed by atoms with Crippen LogP contribution < -0.4 is 4.90 Å².